The first kappa shape index (κ1) is 13.4. The molecular formula is C16H22N2O2. The number of amides is 1. The summed E-state index contributed by atoms with van der Waals surface area (Å²) in [7, 11) is 0. The highest BCUT2D eigenvalue weighted by Gasteiger charge is 2.21. The average molecular weight is 274 g/mol. The zero-order chi connectivity index (χ0) is 13.9. The summed E-state index contributed by atoms with van der Waals surface area (Å²) in [5.41, 5.74) is 8.61. The van der Waals surface area contributed by atoms with Crippen LogP contribution in [-0.2, 0) is 11.2 Å². The Bertz CT molecular complexity index is 497. The predicted octanol–water partition coefficient (Wildman–Crippen LogP) is 1.93. The van der Waals surface area contributed by atoms with Gasteiger partial charge in [-0.2, -0.15) is 0 Å². The van der Waals surface area contributed by atoms with E-state index in [0.717, 1.165) is 31.6 Å². The van der Waals surface area contributed by atoms with Gasteiger partial charge in [0.05, 0.1) is 0 Å². The standard InChI is InChI=1S/C16H22N2O2/c17-15-3-1-2-12-6-7-13(8-14(12)15)20-10-16(19)18-9-11-4-5-11/h6-8,11,15H,1-5,9-10,17H2,(H,18,19)/t15-/m1/s1. The van der Waals surface area contributed by atoms with Gasteiger partial charge in [-0.1, -0.05) is 6.07 Å². The van der Waals surface area contributed by atoms with Gasteiger partial charge in [-0.25, -0.2) is 0 Å². The van der Waals surface area contributed by atoms with Gasteiger partial charge in [0.2, 0.25) is 0 Å². The van der Waals surface area contributed by atoms with Crippen molar-refractivity contribution in [2.24, 2.45) is 11.7 Å². The van der Waals surface area contributed by atoms with Crippen molar-refractivity contribution in [3.63, 3.8) is 0 Å². The molecule has 2 aliphatic rings. The fourth-order valence-corrected chi connectivity index (χ4v) is 2.68. The van der Waals surface area contributed by atoms with Crippen molar-refractivity contribution in [3.05, 3.63) is 29.3 Å². The molecule has 1 fully saturated rings. The van der Waals surface area contributed by atoms with Crippen LogP contribution in [0.3, 0.4) is 0 Å². The number of fused-ring (bicyclic) bond motifs is 1. The van der Waals surface area contributed by atoms with Gasteiger partial charge in [0.1, 0.15) is 5.75 Å². The van der Waals surface area contributed by atoms with E-state index in [-0.39, 0.29) is 18.6 Å². The Morgan fingerprint density at radius 2 is 2.20 bits per heavy atom. The molecule has 0 aliphatic heterocycles. The van der Waals surface area contributed by atoms with E-state index < -0.39 is 0 Å². The monoisotopic (exact) mass is 274 g/mol. The van der Waals surface area contributed by atoms with Gasteiger partial charge in [-0.3, -0.25) is 4.79 Å². The first-order chi connectivity index (χ1) is 9.72. The van der Waals surface area contributed by atoms with Crippen molar-refractivity contribution in [1.82, 2.24) is 5.32 Å². The number of nitrogens with one attached hydrogen (secondary N) is 1. The maximum absolute atomic E-state index is 11.6. The molecule has 1 amide bonds. The number of benzene rings is 1. The number of carbonyl (C=O) groups is 1. The summed E-state index contributed by atoms with van der Waals surface area (Å²) in [6.45, 7) is 0.873. The van der Waals surface area contributed by atoms with Crippen LogP contribution in [0.4, 0.5) is 0 Å². The maximum Gasteiger partial charge on any atom is 0.257 e. The highest BCUT2D eigenvalue weighted by atomic mass is 16.5. The van der Waals surface area contributed by atoms with Crippen LogP contribution in [0.25, 0.3) is 0 Å². The zero-order valence-corrected chi connectivity index (χ0v) is 11.7. The molecule has 20 heavy (non-hydrogen) atoms. The third kappa shape index (κ3) is 3.31. The summed E-state index contributed by atoms with van der Waals surface area (Å²) in [4.78, 5) is 11.6. The Kier molecular flexibility index (Phi) is 3.92. The minimum Gasteiger partial charge on any atom is -0.484 e. The number of carbonyl (C=O) groups excluding carboxylic acids is 1. The van der Waals surface area contributed by atoms with Crippen molar-refractivity contribution in [1.29, 1.82) is 0 Å². The van der Waals surface area contributed by atoms with Gasteiger partial charge in [-0.15, -0.1) is 0 Å². The second-order valence-corrected chi connectivity index (χ2v) is 5.90. The molecular weight excluding hydrogens is 252 g/mol. The molecule has 1 saturated carbocycles. The van der Waals surface area contributed by atoms with Crippen LogP contribution in [0.15, 0.2) is 18.2 Å². The molecule has 0 spiro atoms. The summed E-state index contributed by atoms with van der Waals surface area (Å²) in [5, 5.41) is 2.90. The third-order valence-corrected chi connectivity index (χ3v) is 4.13. The van der Waals surface area contributed by atoms with E-state index in [1.54, 1.807) is 0 Å². The molecule has 0 unspecified atom stereocenters. The molecule has 1 aromatic rings. The number of hydrogen-bond donors (Lipinski definition) is 2. The lowest BCUT2D eigenvalue weighted by Gasteiger charge is -2.22. The quantitative estimate of drug-likeness (QED) is 0.862. The topological polar surface area (TPSA) is 64.3 Å². The number of aryl methyl sites for hydroxylation is 1. The van der Waals surface area contributed by atoms with E-state index in [2.05, 4.69) is 11.4 Å². The van der Waals surface area contributed by atoms with E-state index in [0.29, 0.717) is 5.92 Å². The van der Waals surface area contributed by atoms with Crippen LogP contribution in [0.2, 0.25) is 0 Å². The molecule has 1 atom stereocenters. The highest BCUT2D eigenvalue weighted by molar-refractivity contribution is 5.77. The van der Waals surface area contributed by atoms with E-state index in [9.17, 15) is 4.79 Å². The average Bonchev–Trinajstić information content (AvgIpc) is 3.28. The third-order valence-electron chi connectivity index (χ3n) is 4.13. The molecule has 0 heterocycles. The minimum atomic E-state index is -0.0427. The molecule has 0 aromatic heterocycles. The Balaban J connectivity index is 1.54. The Labute approximate surface area is 119 Å². The SMILES string of the molecule is N[C@@H]1CCCc2ccc(OCC(=O)NCC3CC3)cc21. The predicted molar refractivity (Wildman–Crippen MR) is 77.5 cm³/mol. The van der Waals surface area contributed by atoms with Crippen molar-refractivity contribution in [2.75, 3.05) is 13.2 Å². The minimum absolute atomic E-state index is 0.0427. The highest BCUT2D eigenvalue weighted by Crippen LogP contribution is 2.31. The summed E-state index contributed by atoms with van der Waals surface area (Å²) in [6.07, 6.45) is 5.75. The van der Waals surface area contributed by atoms with E-state index in [4.69, 9.17) is 10.5 Å². The molecule has 108 valence electrons. The van der Waals surface area contributed by atoms with Crippen LogP contribution in [0.5, 0.6) is 5.75 Å². The Hall–Kier alpha value is -1.55. The van der Waals surface area contributed by atoms with Crippen molar-refractivity contribution >= 4 is 5.91 Å². The number of ether oxygens (including phenoxy) is 1. The Morgan fingerprint density at radius 1 is 1.35 bits per heavy atom. The van der Waals surface area contributed by atoms with Gasteiger partial charge < -0.3 is 15.8 Å². The van der Waals surface area contributed by atoms with E-state index in [1.165, 1.54) is 24.0 Å². The molecule has 3 N–H and O–H groups in total. The summed E-state index contributed by atoms with van der Waals surface area (Å²) >= 11 is 0. The van der Waals surface area contributed by atoms with E-state index in [1.807, 2.05) is 12.1 Å². The second kappa shape index (κ2) is 5.83. The van der Waals surface area contributed by atoms with Gasteiger partial charge in [-0.05, 0) is 61.3 Å². The lowest BCUT2D eigenvalue weighted by atomic mass is 9.88. The smallest absolute Gasteiger partial charge is 0.257 e. The van der Waals surface area contributed by atoms with Gasteiger partial charge in [0, 0.05) is 12.6 Å². The number of nitrogens with two attached hydrogens (primary N) is 1. The normalized spacial score (nSPS) is 21.1. The van der Waals surface area contributed by atoms with Crippen LogP contribution in [0, 0.1) is 5.92 Å². The van der Waals surface area contributed by atoms with Crippen LogP contribution in [-0.4, -0.2) is 19.1 Å². The first-order valence-corrected chi connectivity index (χ1v) is 7.50. The Morgan fingerprint density at radius 3 is 3.00 bits per heavy atom. The van der Waals surface area contributed by atoms with Crippen LogP contribution < -0.4 is 15.8 Å². The van der Waals surface area contributed by atoms with Crippen LogP contribution >= 0.6 is 0 Å². The molecule has 4 nitrogen and oxygen atoms in total. The lowest BCUT2D eigenvalue weighted by Crippen LogP contribution is -2.30. The molecule has 0 bridgehead atoms. The maximum atomic E-state index is 11.6. The van der Waals surface area contributed by atoms with Crippen LogP contribution in [0.1, 0.15) is 42.9 Å². The summed E-state index contributed by atoms with van der Waals surface area (Å²) in [5.74, 6) is 1.39. The number of rotatable bonds is 5. The largest absolute Gasteiger partial charge is 0.484 e. The molecule has 3 rings (SSSR count). The van der Waals surface area contributed by atoms with Crippen molar-refractivity contribution < 1.29 is 9.53 Å². The molecule has 2 aliphatic carbocycles. The van der Waals surface area contributed by atoms with Gasteiger partial charge in [0.15, 0.2) is 6.61 Å². The summed E-state index contributed by atoms with van der Waals surface area (Å²) < 4.78 is 5.57. The summed E-state index contributed by atoms with van der Waals surface area (Å²) in [6, 6.07) is 6.11. The second-order valence-electron chi connectivity index (χ2n) is 5.90. The molecule has 4 heteroatoms. The molecule has 0 radical (unpaired) electrons. The first-order valence-electron chi connectivity index (χ1n) is 7.50. The van der Waals surface area contributed by atoms with E-state index >= 15 is 0 Å². The fourth-order valence-electron chi connectivity index (χ4n) is 2.68. The van der Waals surface area contributed by atoms with Gasteiger partial charge >= 0.3 is 0 Å². The number of hydrogen-bond acceptors (Lipinski definition) is 3. The van der Waals surface area contributed by atoms with Crippen molar-refractivity contribution in [2.45, 2.75) is 38.1 Å². The fraction of sp³-hybridized carbons (Fsp3) is 0.562. The van der Waals surface area contributed by atoms with Crippen molar-refractivity contribution in [3.8, 4) is 5.75 Å². The lowest BCUT2D eigenvalue weighted by molar-refractivity contribution is -0.123. The molecule has 0 saturated heterocycles. The van der Waals surface area contributed by atoms with Gasteiger partial charge in [0.25, 0.3) is 5.91 Å². The zero-order valence-electron chi connectivity index (χ0n) is 11.7. The molecule has 1 aromatic carbocycles.